The summed E-state index contributed by atoms with van der Waals surface area (Å²) in [6.45, 7) is 4.54. The molecule has 0 heterocycles. The number of hydrogen-bond donors (Lipinski definition) is 0. The Morgan fingerprint density at radius 3 is 1.60 bits per heavy atom. The second kappa shape index (κ2) is 6.12. The van der Waals surface area contributed by atoms with Crippen LogP contribution in [0.5, 0.6) is 0 Å². The molecule has 2 heteroatoms. The van der Waals surface area contributed by atoms with Crippen LogP contribution in [0.1, 0.15) is 26.7 Å². The van der Waals surface area contributed by atoms with Gasteiger partial charge >= 0.3 is 0 Å². The third kappa shape index (κ3) is 4.24. The van der Waals surface area contributed by atoms with Crippen molar-refractivity contribution in [2.45, 2.75) is 26.7 Å². The Balaban J connectivity index is 3.50. The zero-order valence-electron chi connectivity index (χ0n) is 7.72. The second-order valence-corrected chi connectivity index (χ2v) is 5.51. The maximum Gasteiger partial charge on any atom is -0.00972 e. The Morgan fingerprint density at radius 1 is 1.00 bits per heavy atom. The minimum atomic E-state index is 0.213. The molecule has 0 fully saturated rings. The molecule has 1 nitrogen and oxygen atoms in total. The maximum absolute atomic E-state index is 2.41. The van der Waals surface area contributed by atoms with Gasteiger partial charge in [0.2, 0.25) is 0 Å². The lowest BCUT2D eigenvalue weighted by Gasteiger charge is -2.23. The Kier molecular flexibility index (Phi) is 6.36. The van der Waals surface area contributed by atoms with E-state index in [1.807, 2.05) is 0 Å². The first kappa shape index (κ1) is 10.4. The molecular formula is C8H20NP. The lowest BCUT2D eigenvalue weighted by molar-refractivity contribution is 0.669. The van der Waals surface area contributed by atoms with Gasteiger partial charge in [0.1, 0.15) is 0 Å². The van der Waals surface area contributed by atoms with E-state index in [1.165, 1.54) is 25.2 Å². The van der Waals surface area contributed by atoms with Crippen LogP contribution in [0.3, 0.4) is 0 Å². The van der Waals surface area contributed by atoms with E-state index < -0.39 is 0 Å². The lowest BCUT2D eigenvalue weighted by Crippen LogP contribution is -2.08. The van der Waals surface area contributed by atoms with E-state index >= 15 is 0 Å². The first-order valence-electron chi connectivity index (χ1n) is 4.14. The van der Waals surface area contributed by atoms with Crippen molar-refractivity contribution in [1.82, 2.24) is 4.67 Å². The zero-order valence-corrected chi connectivity index (χ0v) is 8.62. The van der Waals surface area contributed by atoms with Gasteiger partial charge in [0.25, 0.3) is 0 Å². The average molecular weight is 161 g/mol. The fourth-order valence-electron chi connectivity index (χ4n) is 1.03. The predicted molar refractivity (Wildman–Crippen MR) is 50.9 cm³/mol. The molecule has 0 aromatic heterocycles. The molecule has 62 valence electrons. The van der Waals surface area contributed by atoms with Crippen LogP contribution in [0.25, 0.3) is 0 Å². The van der Waals surface area contributed by atoms with Gasteiger partial charge in [-0.3, -0.25) is 4.67 Å². The molecule has 0 N–H and O–H groups in total. The van der Waals surface area contributed by atoms with Gasteiger partial charge in [-0.15, -0.1) is 0 Å². The summed E-state index contributed by atoms with van der Waals surface area (Å²) in [5.74, 6) is 0. The van der Waals surface area contributed by atoms with Gasteiger partial charge in [-0.25, -0.2) is 0 Å². The van der Waals surface area contributed by atoms with Crippen LogP contribution < -0.4 is 0 Å². The zero-order chi connectivity index (χ0) is 7.98. The van der Waals surface area contributed by atoms with Crippen LogP contribution in [-0.4, -0.2) is 31.1 Å². The molecule has 0 atom stereocenters. The van der Waals surface area contributed by atoms with Crippen LogP contribution in [-0.2, 0) is 0 Å². The quantitative estimate of drug-likeness (QED) is 0.560. The number of rotatable bonds is 5. The first-order valence-corrected chi connectivity index (χ1v) is 5.81. The monoisotopic (exact) mass is 161 g/mol. The normalized spacial score (nSPS) is 11.4. The van der Waals surface area contributed by atoms with Gasteiger partial charge in [0.15, 0.2) is 0 Å². The van der Waals surface area contributed by atoms with Crippen LogP contribution in [0, 0.1) is 0 Å². The lowest BCUT2D eigenvalue weighted by atomic mass is 10.6. The summed E-state index contributed by atoms with van der Waals surface area (Å²) in [5.41, 5.74) is 0. The molecule has 0 aromatic rings. The third-order valence-corrected chi connectivity index (χ3v) is 4.59. The Labute approximate surface area is 66.6 Å². The summed E-state index contributed by atoms with van der Waals surface area (Å²) in [7, 11) is 4.62. The molecule has 0 unspecified atom stereocenters. The highest BCUT2D eigenvalue weighted by Crippen LogP contribution is 2.38. The molecule has 0 radical (unpaired) electrons. The summed E-state index contributed by atoms with van der Waals surface area (Å²) in [5, 5.41) is 0. The standard InChI is InChI=1S/C8H20NP/c1-5-7-10(8-6-2)9(3)4/h5-8H2,1-4H3. The van der Waals surface area contributed by atoms with E-state index in [4.69, 9.17) is 0 Å². The largest absolute Gasteiger partial charge is 0.288 e. The van der Waals surface area contributed by atoms with E-state index in [9.17, 15) is 0 Å². The molecule has 0 saturated carbocycles. The number of hydrogen-bond acceptors (Lipinski definition) is 1. The van der Waals surface area contributed by atoms with E-state index in [0.29, 0.717) is 0 Å². The average Bonchev–Trinajstić information content (AvgIpc) is 1.87. The molecule has 0 spiro atoms. The van der Waals surface area contributed by atoms with Crippen molar-refractivity contribution in [3.8, 4) is 0 Å². The van der Waals surface area contributed by atoms with Crippen molar-refractivity contribution >= 4 is 8.07 Å². The topological polar surface area (TPSA) is 3.24 Å². The molecule has 10 heavy (non-hydrogen) atoms. The highest BCUT2D eigenvalue weighted by Gasteiger charge is 2.06. The van der Waals surface area contributed by atoms with Gasteiger partial charge in [-0.2, -0.15) is 0 Å². The Bertz CT molecular complexity index is 67.7. The van der Waals surface area contributed by atoms with Gasteiger partial charge in [0, 0.05) is 0 Å². The minimum absolute atomic E-state index is 0.213. The van der Waals surface area contributed by atoms with Gasteiger partial charge < -0.3 is 0 Å². The summed E-state index contributed by atoms with van der Waals surface area (Å²) in [4.78, 5) is 0. The molecule has 0 amide bonds. The van der Waals surface area contributed by atoms with Crippen LogP contribution in [0.15, 0.2) is 0 Å². The molecule has 0 bridgehead atoms. The van der Waals surface area contributed by atoms with Crippen molar-refractivity contribution in [3.63, 3.8) is 0 Å². The molecule has 0 aliphatic rings. The Morgan fingerprint density at radius 2 is 1.40 bits per heavy atom. The van der Waals surface area contributed by atoms with E-state index in [0.717, 1.165) is 0 Å². The van der Waals surface area contributed by atoms with Gasteiger partial charge in [-0.05, 0) is 34.5 Å². The van der Waals surface area contributed by atoms with E-state index in [2.05, 4.69) is 32.6 Å². The van der Waals surface area contributed by atoms with E-state index in [1.54, 1.807) is 0 Å². The Hall–Kier alpha value is 0.390. The molecular weight excluding hydrogens is 141 g/mol. The molecule has 0 aliphatic carbocycles. The van der Waals surface area contributed by atoms with Gasteiger partial charge in [-0.1, -0.05) is 26.7 Å². The fraction of sp³-hybridized carbons (Fsp3) is 1.00. The molecule has 0 aromatic carbocycles. The minimum Gasteiger partial charge on any atom is -0.288 e. The van der Waals surface area contributed by atoms with Crippen molar-refractivity contribution in [2.24, 2.45) is 0 Å². The third-order valence-electron chi connectivity index (χ3n) is 1.53. The maximum atomic E-state index is 2.41. The second-order valence-electron chi connectivity index (χ2n) is 2.80. The SMILES string of the molecule is CCCP(CCC)N(C)C. The van der Waals surface area contributed by atoms with Crippen molar-refractivity contribution in [3.05, 3.63) is 0 Å². The summed E-state index contributed by atoms with van der Waals surface area (Å²) >= 11 is 0. The van der Waals surface area contributed by atoms with Crippen LogP contribution in [0.2, 0.25) is 0 Å². The fourth-order valence-corrected chi connectivity index (χ4v) is 3.08. The first-order chi connectivity index (χ1) is 4.72. The summed E-state index contributed by atoms with van der Waals surface area (Å²) in [6, 6.07) is 0. The van der Waals surface area contributed by atoms with Gasteiger partial charge in [0.05, 0.1) is 0 Å². The predicted octanol–water partition coefficient (Wildman–Crippen LogP) is 2.76. The smallest absolute Gasteiger partial charge is 0.00972 e. The molecule has 0 rings (SSSR count). The number of nitrogens with zero attached hydrogens (tertiary/aromatic N) is 1. The van der Waals surface area contributed by atoms with Crippen LogP contribution in [0.4, 0.5) is 0 Å². The molecule has 0 saturated heterocycles. The summed E-state index contributed by atoms with van der Waals surface area (Å²) in [6.07, 6.45) is 5.50. The van der Waals surface area contributed by atoms with Crippen molar-refractivity contribution in [2.75, 3.05) is 26.4 Å². The van der Waals surface area contributed by atoms with Crippen molar-refractivity contribution in [1.29, 1.82) is 0 Å². The molecule has 0 aliphatic heterocycles. The highest BCUT2D eigenvalue weighted by molar-refractivity contribution is 7.55. The van der Waals surface area contributed by atoms with E-state index in [-0.39, 0.29) is 8.07 Å². The summed E-state index contributed by atoms with van der Waals surface area (Å²) < 4.78 is 2.41. The van der Waals surface area contributed by atoms with Crippen molar-refractivity contribution < 1.29 is 0 Å². The van der Waals surface area contributed by atoms with Crippen LogP contribution >= 0.6 is 8.07 Å². The highest BCUT2D eigenvalue weighted by atomic mass is 31.1.